The molecule has 0 saturated heterocycles. The fourth-order valence-electron chi connectivity index (χ4n) is 1.30. The molecule has 1 aromatic heterocycles. The molecule has 1 unspecified atom stereocenters. The molecule has 0 amide bonds. The Morgan fingerprint density at radius 1 is 1.35 bits per heavy atom. The lowest BCUT2D eigenvalue weighted by molar-refractivity contribution is 0.104. The number of hydrogen-bond donors (Lipinski definition) is 1. The first-order chi connectivity index (χ1) is 8.25. The molecule has 0 radical (unpaired) electrons. The van der Waals surface area contributed by atoms with Crippen molar-refractivity contribution in [2.75, 3.05) is 6.61 Å². The summed E-state index contributed by atoms with van der Waals surface area (Å²) in [4.78, 5) is 7.87. The van der Waals surface area contributed by atoms with Gasteiger partial charge in [-0.3, -0.25) is 9.97 Å². The van der Waals surface area contributed by atoms with Crippen LogP contribution in [0.3, 0.4) is 0 Å². The van der Waals surface area contributed by atoms with Crippen LogP contribution >= 0.6 is 11.6 Å². The van der Waals surface area contributed by atoms with E-state index < -0.39 is 6.10 Å². The molecule has 2 rings (SSSR count). The first-order valence-electron chi connectivity index (χ1n) is 5.08. The van der Waals surface area contributed by atoms with Gasteiger partial charge in [0.1, 0.15) is 18.5 Å². The van der Waals surface area contributed by atoms with Crippen molar-refractivity contribution < 1.29 is 9.84 Å². The van der Waals surface area contributed by atoms with Gasteiger partial charge in [0.15, 0.2) is 0 Å². The Labute approximate surface area is 104 Å². The Hall–Kier alpha value is -1.65. The largest absolute Gasteiger partial charge is 0.490 e. The van der Waals surface area contributed by atoms with Crippen LogP contribution in [0.25, 0.3) is 0 Å². The molecule has 17 heavy (non-hydrogen) atoms. The van der Waals surface area contributed by atoms with Crippen molar-refractivity contribution in [2.24, 2.45) is 0 Å². The quantitative estimate of drug-likeness (QED) is 0.904. The molecule has 1 aromatic carbocycles. The van der Waals surface area contributed by atoms with E-state index in [4.69, 9.17) is 16.3 Å². The molecule has 0 spiro atoms. The fraction of sp³-hybridized carbons (Fsp3) is 0.167. The van der Waals surface area contributed by atoms with Gasteiger partial charge in [-0.05, 0) is 18.2 Å². The van der Waals surface area contributed by atoms with E-state index in [1.807, 2.05) is 0 Å². The van der Waals surface area contributed by atoms with E-state index in [9.17, 15) is 5.11 Å². The summed E-state index contributed by atoms with van der Waals surface area (Å²) >= 11 is 5.81. The van der Waals surface area contributed by atoms with E-state index in [1.165, 1.54) is 12.4 Å². The second-order valence-electron chi connectivity index (χ2n) is 3.41. The minimum atomic E-state index is -0.803. The summed E-state index contributed by atoms with van der Waals surface area (Å²) in [6.07, 6.45) is 3.78. The first kappa shape index (κ1) is 11.8. The summed E-state index contributed by atoms with van der Waals surface area (Å²) < 4.78 is 5.40. The number of aliphatic hydroxyl groups is 1. The van der Waals surface area contributed by atoms with Crippen molar-refractivity contribution in [1.29, 1.82) is 0 Å². The van der Waals surface area contributed by atoms with E-state index in [0.29, 0.717) is 16.5 Å². The lowest BCUT2D eigenvalue weighted by atomic mass is 10.3. The molecule has 0 aliphatic heterocycles. The number of halogens is 1. The average Bonchev–Trinajstić information content (AvgIpc) is 2.37. The molecule has 88 valence electrons. The second-order valence-corrected chi connectivity index (χ2v) is 3.85. The maximum Gasteiger partial charge on any atom is 0.131 e. The zero-order chi connectivity index (χ0) is 12.1. The van der Waals surface area contributed by atoms with Crippen LogP contribution in [0.15, 0.2) is 42.9 Å². The van der Waals surface area contributed by atoms with Crippen LogP contribution in [-0.4, -0.2) is 21.7 Å². The normalized spacial score (nSPS) is 12.1. The Morgan fingerprint density at radius 3 is 2.94 bits per heavy atom. The lowest BCUT2D eigenvalue weighted by Crippen LogP contribution is -2.11. The molecule has 0 saturated carbocycles. The van der Waals surface area contributed by atoms with Crippen LogP contribution in [-0.2, 0) is 0 Å². The van der Waals surface area contributed by atoms with E-state index in [1.54, 1.807) is 30.5 Å². The molecule has 1 atom stereocenters. The van der Waals surface area contributed by atoms with Crippen LogP contribution < -0.4 is 4.74 Å². The topological polar surface area (TPSA) is 55.2 Å². The fourth-order valence-corrected chi connectivity index (χ4v) is 1.48. The third kappa shape index (κ3) is 3.41. The monoisotopic (exact) mass is 250 g/mol. The number of benzene rings is 1. The summed E-state index contributed by atoms with van der Waals surface area (Å²) in [5, 5.41) is 10.4. The van der Waals surface area contributed by atoms with Crippen molar-refractivity contribution in [2.45, 2.75) is 6.10 Å². The third-order valence-corrected chi connectivity index (χ3v) is 2.36. The molecule has 1 heterocycles. The highest BCUT2D eigenvalue weighted by atomic mass is 35.5. The van der Waals surface area contributed by atoms with Gasteiger partial charge in [-0.1, -0.05) is 17.7 Å². The van der Waals surface area contributed by atoms with Crippen LogP contribution in [0.5, 0.6) is 5.75 Å². The maximum absolute atomic E-state index is 9.79. The van der Waals surface area contributed by atoms with Crippen LogP contribution in [0.2, 0.25) is 5.02 Å². The maximum atomic E-state index is 9.79. The minimum absolute atomic E-state index is 0.110. The van der Waals surface area contributed by atoms with Gasteiger partial charge in [-0.2, -0.15) is 0 Å². The Balaban J connectivity index is 1.95. The van der Waals surface area contributed by atoms with Gasteiger partial charge in [0.05, 0.1) is 11.9 Å². The van der Waals surface area contributed by atoms with Crippen molar-refractivity contribution in [3.05, 3.63) is 53.6 Å². The zero-order valence-corrected chi connectivity index (χ0v) is 9.71. The highest BCUT2D eigenvalue weighted by Crippen LogP contribution is 2.18. The highest BCUT2D eigenvalue weighted by Gasteiger charge is 2.09. The number of rotatable bonds is 4. The predicted molar refractivity (Wildman–Crippen MR) is 63.9 cm³/mol. The molecule has 2 aromatic rings. The lowest BCUT2D eigenvalue weighted by Gasteiger charge is -2.11. The Bertz CT molecular complexity index is 479. The van der Waals surface area contributed by atoms with Gasteiger partial charge in [0, 0.05) is 17.4 Å². The number of nitrogens with zero attached hydrogens (tertiary/aromatic N) is 2. The summed E-state index contributed by atoms with van der Waals surface area (Å²) in [6.45, 7) is 0.110. The van der Waals surface area contributed by atoms with E-state index in [2.05, 4.69) is 9.97 Å². The van der Waals surface area contributed by atoms with Gasteiger partial charge in [-0.15, -0.1) is 0 Å². The molecular formula is C12H11ClN2O2. The Morgan fingerprint density at radius 2 is 2.24 bits per heavy atom. The van der Waals surface area contributed by atoms with Crippen molar-refractivity contribution >= 4 is 11.6 Å². The Kier molecular flexibility index (Phi) is 3.90. The second kappa shape index (κ2) is 5.61. The van der Waals surface area contributed by atoms with Gasteiger partial charge < -0.3 is 9.84 Å². The molecule has 0 fully saturated rings. The number of aliphatic hydroxyl groups excluding tert-OH is 1. The highest BCUT2D eigenvalue weighted by molar-refractivity contribution is 6.30. The SMILES string of the molecule is OC(COc1cccc(Cl)c1)c1cnccn1. The molecular weight excluding hydrogens is 240 g/mol. The third-order valence-electron chi connectivity index (χ3n) is 2.13. The number of ether oxygens (including phenoxy) is 1. The van der Waals surface area contributed by atoms with Crippen molar-refractivity contribution in [3.8, 4) is 5.75 Å². The molecule has 1 N–H and O–H groups in total. The van der Waals surface area contributed by atoms with Crippen molar-refractivity contribution in [1.82, 2.24) is 9.97 Å². The first-order valence-corrected chi connectivity index (χ1v) is 5.46. The van der Waals surface area contributed by atoms with E-state index >= 15 is 0 Å². The van der Waals surface area contributed by atoms with Crippen molar-refractivity contribution in [3.63, 3.8) is 0 Å². The summed E-state index contributed by atoms with van der Waals surface area (Å²) in [5.41, 5.74) is 0.481. The molecule has 5 heteroatoms. The number of hydrogen-bond acceptors (Lipinski definition) is 4. The summed E-state index contributed by atoms with van der Waals surface area (Å²) in [7, 11) is 0. The van der Waals surface area contributed by atoms with Gasteiger partial charge >= 0.3 is 0 Å². The van der Waals surface area contributed by atoms with Crippen LogP contribution in [0.4, 0.5) is 0 Å². The molecule has 0 aliphatic rings. The average molecular weight is 251 g/mol. The summed E-state index contributed by atoms with van der Waals surface area (Å²) in [5.74, 6) is 0.612. The van der Waals surface area contributed by atoms with Gasteiger partial charge in [0.25, 0.3) is 0 Å². The molecule has 0 bridgehead atoms. The smallest absolute Gasteiger partial charge is 0.131 e. The van der Waals surface area contributed by atoms with Gasteiger partial charge in [-0.25, -0.2) is 0 Å². The van der Waals surface area contributed by atoms with Crippen LogP contribution in [0, 0.1) is 0 Å². The van der Waals surface area contributed by atoms with Gasteiger partial charge in [0.2, 0.25) is 0 Å². The summed E-state index contributed by atoms with van der Waals surface area (Å²) in [6, 6.07) is 7.00. The number of aromatic nitrogens is 2. The van der Waals surface area contributed by atoms with Crippen LogP contribution in [0.1, 0.15) is 11.8 Å². The predicted octanol–water partition coefficient (Wildman–Crippen LogP) is 2.24. The minimum Gasteiger partial charge on any atom is -0.490 e. The molecule has 0 aliphatic carbocycles. The zero-order valence-electron chi connectivity index (χ0n) is 8.95. The van der Waals surface area contributed by atoms with E-state index in [-0.39, 0.29) is 6.61 Å². The van der Waals surface area contributed by atoms with E-state index in [0.717, 1.165) is 0 Å². The molecule has 4 nitrogen and oxygen atoms in total. The standard InChI is InChI=1S/C12H11ClN2O2/c13-9-2-1-3-10(6-9)17-8-12(16)11-7-14-4-5-15-11/h1-7,12,16H,8H2.